The molecule has 0 atom stereocenters. The second-order valence-electron chi connectivity index (χ2n) is 7.62. The molecule has 0 saturated carbocycles. The summed E-state index contributed by atoms with van der Waals surface area (Å²) in [5.41, 5.74) is 1.68. The first-order chi connectivity index (χ1) is 16.9. The fraction of sp³-hybridized carbons (Fsp3) is 0.455. The van der Waals surface area contributed by atoms with Crippen molar-refractivity contribution in [3.63, 3.8) is 0 Å². The third kappa shape index (κ3) is 8.37. The molecule has 1 aromatic carbocycles. The number of fused-ring (bicyclic) bond motifs is 11. The van der Waals surface area contributed by atoms with Crippen LogP contribution in [0.3, 0.4) is 0 Å². The van der Waals surface area contributed by atoms with Gasteiger partial charge in [-0.3, -0.25) is 4.68 Å². The number of alkyl halides is 3. The highest BCUT2D eigenvalue weighted by Crippen LogP contribution is 2.18. The van der Waals surface area contributed by atoms with E-state index in [-0.39, 0.29) is 18.2 Å². The summed E-state index contributed by atoms with van der Waals surface area (Å²) in [7, 11) is 0. The average molecular weight is 494 g/mol. The van der Waals surface area contributed by atoms with Crippen LogP contribution in [0.5, 0.6) is 11.8 Å². The van der Waals surface area contributed by atoms with Crippen molar-refractivity contribution in [1.82, 2.24) is 24.7 Å². The van der Waals surface area contributed by atoms with Crippen molar-refractivity contribution in [3.05, 3.63) is 53.6 Å². The van der Waals surface area contributed by atoms with Crippen LogP contribution in [0.25, 0.3) is 0 Å². The minimum absolute atomic E-state index is 0.104. The van der Waals surface area contributed by atoms with E-state index in [1.807, 2.05) is 24.3 Å². The summed E-state index contributed by atoms with van der Waals surface area (Å²) < 4.78 is 61.2. The number of ether oxygens (including phenoxy) is 4. The number of hydrogen-bond acceptors (Lipinski definition) is 9. The average Bonchev–Trinajstić information content (AvgIpc) is 3.27. The molecule has 2 aliphatic heterocycles. The van der Waals surface area contributed by atoms with Gasteiger partial charge in [-0.25, -0.2) is 0 Å². The minimum Gasteiger partial charge on any atom is -0.491 e. The maximum atomic E-state index is 12.7. The lowest BCUT2D eigenvalue weighted by Crippen LogP contribution is -2.21. The first-order valence-corrected chi connectivity index (χ1v) is 11.0. The highest BCUT2D eigenvalue weighted by Gasteiger charge is 2.29. The van der Waals surface area contributed by atoms with Gasteiger partial charge < -0.3 is 24.3 Å². The minimum atomic E-state index is -4.51. The Balaban J connectivity index is 1.52. The molecule has 5 rings (SSSR count). The molecule has 2 aromatic heterocycles. The lowest BCUT2D eigenvalue weighted by Gasteiger charge is -2.11. The van der Waals surface area contributed by atoms with Crippen LogP contribution >= 0.6 is 0 Å². The van der Waals surface area contributed by atoms with Crippen molar-refractivity contribution < 1.29 is 32.1 Å². The fourth-order valence-electron chi connectivity index (χ4n) is 3.15. The summed E-state index contributed by atoms with van der Waals surface area (Å²) in [4.78, 5) is 12.4. The van der Waals surface area contributed by atoms with E-state index in [0.717, 1.165) is 11.1 Å². The first kappa shape index (κ1) is 24.7. The van der Waals surface area contributed by atoms with Gasteiger partial charge in [0, 0.05) is 19.2 Å². The van der Waals surface area contributed by atoms with Crippen LogP contribution in [0.1, 0.15) is 17.0 Å². The second kappa shape index (κ2) is 11.8. The van der Waals surface area contributed by atoms with Crippen LogP contribution in [-0.4, -0.2) is 70.6 Å². The van der Waals surface area contributed by atoms with E-state index in [0.29, 0.717) is 51.9 Å². The molecule has 2 aliphatic rings. The Hall–Kier alpha value is -3.45. The SMILES string of the molecule is FC(F)(F)COc1nc2nc(n1)NCc1ccc(cc1)OCCOCCOCCn1cc(cn1)C2. The third-order valence-electron chi connectivity index (χ3n) is 4.78. The van der Waals surface area contributed by atoms with E-state index in [2.05, 4.69) is 25.4 Å². The van der Waals surface area contributed by atoms with Gasteiger partial charge in [0.2, 0.25) is 5.95 Å². The number of aromatic nitrogens is 5. The van der Waals surface area contributed by atoms with Crippen molar-refractivity contribution >= 4 is 5.95 Å². The normalized spacial score (nSPS) is 15.9. The number of rotatable bonds is 2. The Morgan fingerprint density at radius 2 is 1.71 bits per heavy atom. The van der Waals surface area contributed by atoms with Gasteiger partial charge in [-0.1, -0.05) is 12.1 Å². The molecular weight excluding hydrogens is 469 g/mol. The van der Waals surface area contributed by atoms with Crippen LogP contribution in [0.15, 0.2) is 36.7 Å². The molecule has 0 radical (unpaired) electrons. The van der Waals surface area contributed by atoms with Crippen molar-refractivity contribution in [1.29, 1.82) is 0 Å². The summed E-state index contributed by atoms with van der Waals surface area (Å²) >= 11 is 0. The summed E-state index contributed by atoms with van der Waals surface area (Å²) in [6.45, 7) is 1.57. The van der Waals surface area contributed by atoms with Gasteiger partial charge in [-0.15, -0.1) is 0 Å². The molecule has 0 unspecified atom stereocenters. The molecule has 188 valence electrons. The number of anilines is 1. The number of halogens is 3. The summed E-state index contributed by atoms with van der Waals surface area (Å²) in [6, 6.07) is 6.96. The van der Waals surface area contributed by atoms with E-state index < -0.39 is 18.8 Å². The van der Waals surface area contributed by atoms with E-state index in [4.69, 9.17) is 18.9 Å². The highest BCUT2D eigenvalue weighted by molar-refractivity contribution is 5.32. The molecule has 10 nitrogen and oxygen atoms in total. The van der Waals surface area contributed by atoms with Crippen molar-refractivity contribution in [2.24, 2.45) is 0 Å². The number of benzene rings is 1. The van der Waals surface area contributed by atoms with Gasteiger partial charge in [0.25, 0.3) is 0 Å². The van der Waals surface area contributed by atoms with E-state index in [1.54, 1.807) is 17.1 Å². The largest absolute Gasteiger partial charge is 0.491 e. The van der Waals surface area contributed by atoms with Crippen molar-refractivity contribution in [3.8, 4) is 11.8 Å². The Morgan fingerprint density at radius 3 is 2.51 bits per heavy atom. The van der Waals surface area contributed by atoms with Gasteiger partial charge in [0.05, 0.1) is 39.2 Å². The molecule has 0 aliphatic carbocycles. The Morgan fingerprint density at radius 1 is 0.943 bits per heavy atom. The molecule has 0 saturated heterocycles. The van der Waals surface area contributed by atoms with Gasteiger partial charge in [-0.2, -0.15) is 33.2 Å². The summed E-state index contributed by atoms with van der Waals surface area (Å²) in [6.07, 6.45) is -0.828. The van der Waals surface area contributed by atoms with Gasteiger partial charge in [0.15, 0.2) is 6.61 Å². The molecule has 35 heavy (non-hydrogen) atoms. The van der Waals surface area contributed by atoms with Gasteiger partial charge >= 0.3 is 12.2 Å². The predicted molar refractivity (Wildman–Crippen MR) is 117 cm³/mol. The maximum Gasteiger partial charge on any atom is 0.422 e. The predicted octanol–water partition coefficient (Wildman–Crippen LogP) is 2.64. The van der Waals surface area contributed by atoms with Crippen molar-refractivity contribution in [2.75, 3.05) is 45.0 Å². The maximum absolute atomic E-state index is 12.7. The Bertz CT molecular complexity index is 1080. The molecule has 1 N–H and O–H groups in total. The number of nitrogens with one attached hydrogen (secondary N) is 1. The van der Waals surface area contributed by atoms with Crippen LogP contribution in [-0.2, 0) is 29.0 Å². The smallest absolute Gasteiger partial charge is 0.422 e. The van der Waals surface area contributed by atoms with E-state index >= 15 is 0 Å². The molecule has 13 heteroatoms. The molecule has 0 fully saturated rings. The van der Waals surface area contributed by atoms with Crippen LogP contribution in [0, 0.1) is 0 Å². The van der Waals surface area contributed by atoms with Gasteiger partial charge in [-0.05, 0) is 23.3 Å². The lowest BCUT2D eigenvalue weighted by atomic mass is 10.2. The Kier molecular flexibility index (Phi) is 8.32. The Labute approximate surface area is 199 Å². The zero-order chi connectivity index (χ0) is 24.5. The molecule has 0 amide bonds. The van der Waals surface area contributed by atoms with E-state index in [9.17, 15) is 13.2 Å². The van der Waals surface area contributed by atoms with Gasteiger partial charge in [0.1, 0.15) is 18.2 Å². The van der Waals surface area contributed by atoms with Crippen LogP contribution < -0.4 is 14.8 Å². The lowest BCUT2D eigenvalue weighted by molar-refractivity contribution is -0.154. The van der Waals surface area contributed by atoms with Crippen LogP contribution in [0.4, 0.5) is 19.1 Å². The first-order valence-electron chi connectivity index (χ1n) is 11.0. The molecular formula is C22H25F3N6O4. The standard InChI is InChI=1S/C22H25F3N6O4/c23-22(24,25)15-35-21-29-19-11-17-13-27-31(14-17)5-6-32-7-8-33-9-10-34-18-3-1-16(2-4-18)12-26-20(28-19)30-21/h1-4,13-14H,5-12,15H2,(H,26,28,29,30). The highest BCUT2D eigenvalue weighted by atomic mass is 19.4. The zero-order valence-electron chi connectivity index (χ0n) is 18.8. The summed E-state index contributed by atoms with van der Waals surface area (Å²) in [5.74, 6) is 1.05. The van der Waals surface area contributed by atoms with E-state index in [1.165, 1.54) is 0 Å². The molecule has 4 heterocycles. The zero-order valence-corrected chi connectivity index (χ0v) is 18.8. The molecule has 0 spiro atoms. The quantitative estimate of drug-likeness (QED) is 0.538. The fourth-order valence-corrected chi connectivity index (χ4v) is 3.15. The number of nitrogens with zero attached hydrogens (tertiary/aromatic N) is 5. The molecule has 3 aromatic rings. The third-order valence-corrected chi connectivity index (χ3v) is 4.78. The van der Waals surface area contributed by atoms with Crippen LogP contribution in [0.2, 0.25) is 0 Å². The topological polar surface area (TPSA) is 105 Å². The monoisotopic (exact) mass is 494 g/mol. The second-order valence-corrected chi connectivity index (χ2v) is 7.62. The molecule has 6 bridgehead atoms. The summed E-state index contributed by atoms with van der Waals surface area (Å²) in [5, 5.41) is 7.29. The van der Waals surface area contributed by atoms with Crippen molar-refractivity contribution in [2.45, 2.75) is 25.7 Å². The number of hydrogen-bond donors (Lipinski definition) is 1.